The van der Waals surface area contributed by atoms with Gasteiger partial charge in [-0.3, -0.25) is 0 Å². The average Bonchev–Trinajstić information content (AvgIpc) is 2.05. The lowest BCUT2D eigenvalue weighted by molar-refractivity contribution is 0.198. The van der Waals surface area contributed by atoms with E-state index in [9.17, 15) is 0 Å². The topological polar surface area (TPSA) is 58.0 Å². The van der Waals surface area contributed by atoms with Crippen LogP contribution in [-0.4, -0.2) is 22.1 Å². The lowest BCUT2D eigenvalue weighted by Gasteiger charge is -2.03. The lowest BCUT2D eigenvalue weighted by Crippen LogP contribution is -1.98. The third kappa shape index (κ3) is 1.88. The van der Waals surface area contributed by atoms with Crippen LogP contribution in [0.2, 0.25) is 0 Å². The monoisotopic (exact) mass is 153 g/mol. The highest BCUT2D eigenvalue weighted by molar-refractivity contribution is 5.23. The Morgan fingerprint density at radius 3 is 2.36 bits per heavy atom. The molecule has 1 heterocycles. The van der Waals surface area contributed by atoms with Crippen LogP contribution in [0, 0.1) is 0 Å². The number of hydrogen-bond donors (Lipinski definition) is 2. The van der Waals surface area contributed by atoms with Gasteiger partial charge in [-0.25, -0.2) is 9.97 Å². The van der Waals surface area contributed by atoms with Crippen molar-refractivity contribution in [3.8, 4) is 0 Å². The van der Waals surface area contributed by atoms with Crippen molar-refractivity contribution in [3.05, 3.63) is 18.0 Å². The first kappa shape index (κ1) is 7.94. The molecule has 0 aliphatic heterocycles. The molecular weight excluding hydrogens is 142 g/mol. The van der Waals surface area contributed by atoms with Gasteiger partial charge in [-0.1, -0.05) is 0 Å². The van der Waals surface area contributed by atoms with Crippen LogP contribution in [0.3, 0.4) is 0 Å². The summed E-state index contributed by atoms with van der Waals surface area (Å²) >= 11 is 0. The molecule has 1 aromatic heterocycles. The molecule has 0 radical (unpaired) electrons. The van der Waals surface area contributed by atoms with Gasteiger partial charge in [0.25, 0.3) is 0 Å². The standard InChI is InChI=1S/C7H11N3O/c1-5(11)6-3-9-7(8-2)10-4-6/h3-5,11H,1-2H3,(H,8,9,10). The van der Waals surface area contributed by atoms with Gasteiger partial charge in [0.1, 0.15) is 0 Å². The molecule has 0 spiro atoms. The van der Waals surface area contributed by atoms with Gasteiger partial charge in [0.15, 0.2) is 0 Å². The number of aliphatic hydroxyl groups excluding tert-OH is 1. The molecule has 1 unspecified atom stereocenters. The fourth-order valence-corrected chi connectivity index (χ4v) is 0.683. The normalized spacial score (nSPS) is 12.6. The van der Waals surface area contributed by atoms with Crippen molar-refractivity contribution in [1.29, 1.82) is 0 Å². The molecule has 0 fully saturated rings. The van der Waals surface area contributed by atoms with Gasteiger partial charge in [0.05, 0.1) is 6.10 Å². The summed E-state index contributed by atoms with van der Waals surface area (Å²) < 4.78 is 0. The largest absolute Gasteiger partial charge is 0.389 e. The molecule has 2 N–H and O–H groups in total. The highest BCUT2D eigenvalue weighted by Gasteiger charge is 2.00. The molecule has 0 aliphatic rings. The van der Waals surface area contributed by atoms with E-state index >= 15 is 0 Å². The van der Waals surface area contributed by atoms with Gasteiger partial charge in [-0.15, -0.1) is 0 Å². The Bertz CT molecular complexity index is 220. The van der Waals surface area contributed by atoms with Crippen LogP contribution in [0.4, 0.5) is 5.95 Å². The van der Waals surface area contributed by atoms with E-state index in [1.165, 1.54) is 0 Å². The fourth-order valence-electron chi connectivity index (χ4n) is 0.683. The summed E-state index contributed by atoms with van der Waals surface area (Å²) in [6.07, 6.45) is 2.70. The first-order valence-corrected chi connectivity index (χ1v) is 3.42. The number of aromatic nitrogens is 2. The minimum atomic E-state index is -0.499. The molecule has 0 bridgehead atoms. The Hall–Kier alpha value is -1.16. The van der Waals surface area contributed by atoms with Gasteiger partial charge >= 0.3 is 0 Å². The smallest absolute Gasteiger partial charge is 0.222 e. The zero-order valence-corrected chi connectivity index (χ0v) is 6.57. The van der Waals surface area contributed by atoms with Crippen molar-refractivity contribution < 1.29 is 5.11 Å². The second kappa shape index (κ2) is 3.30. The predicted octanol–water partition coefficient (Wildman–Crippen LogP) is 0.572. The molecule has 60 valence electrons. The minimum absolute atomic E-state index is 0.499. The minimum Gasteiger partial charge on any atom is -0.389 e. The van der Waals surface area contributed by atoms with Gasteiger partial charge in [0, 0.05) is 25.0 Å². The number of rotatable bonds is 2. The molecular formula is C7H11N3O. The van der Waals surface area contributed by atoms with Crippen LogP contribution < -0.4 is 5.32 Å². The zero-order valence-electron chi connectivity index (χ0n) is 6.57. The van der Waals surface area contributed by atoms with Crippen LogP contribution in [0.5, 0.6) is 0 Å². The maximum absolute atomic E-state index is 9.09. The van der Waals surface area contributed by atoms with E-state index in [2.05, 4.69) is 15.3 Å². The summed E-state index contributed by atoms with van der Waals surface area (Å²) in [5.41, 5.74) is 0.726. The SMILES string of the molecule is CNc1ncc(C(C)O)cn1. The van der Waals surface area contributed by atoms with Crippen LogP contribution in [0.15, 0.2) is 12.4 Å². The molecule has 1 rings (SSSR count). The molecule has 4 heteroatoms. The van der Waals surface area contributed by atoms with Gasteiger partial charge < -0.3 is 10.4 Å². The first-order chi connectivity index (χ1) is 5.24. The molecule has 1 atom stereocenters. The van der Waals surface area contributed by atoms with E-state index in [0.717, 1.165) is 5.56 Å². The average molecular weight is 153 g/mol. The Kier molecular flexibility index (Phi) is 2.38. The van der Waals surface area contributed by atoms with Crippen molar-refractivity contribution in [2.75, 3.05) is 12.4 Å². The Morgan fingerprint density at radius 1 is 1.45 bits per heavy atom. The maximum Gasteiger partial charge on any atom is 0.222 e. The van der Waals surface area contributed by atoms with Crippen molar-refractivity contribution in [1.82, 2.24) is 9.97 Å². The predicted molar refractivity (Wildman–Crippen MR) is 42.2 cm³/mol. The van der Waals surface area contributed by atoms with Crippen molar-refractivity contribution >= 4 is 5.95 Å². The molecule has 0 aromatic carbocycles. The first-order valence-electron chi connectivity index (χ1n) is 3.42. The van der Waals surface area contributed by atoms with Crippen molar-refractivity contribution in [2.24, 2.45) is 0 Å². The van der Waals surface area contributed by atoms with E-state index in [-0.39, 0.29) is 0 Å². The van der Waals surface area contributed by atoms with E-state index in [1.54, 1.807) is 26.4 Å². The van der Waals surface area contributed by atoms with Crippen molar-refractivity contribution in [3.63, 3.8) is 0 Å². The zero-order chi connectivity index (χ0) is 8.27. The Balaban J connectivity index is 2.83. The third-order valence-electron chi connectivity index (χ3n) is 1.38. The lowest BCUT2D eigenvalue weighted by atomic mass is 10.2. The number of nitrogens with zero attached hydrogens (tertiary/aromatic N) is 2. The summed E-state index contributed by atoms with van der Waals surface area (Å²) in [6.45, 7) is 1.68. The second-order valence-corrected chi connectivity index (χ2v) is 2.27. The molecule has 11 heavy (non-hydrogen) atoms. The van der Waals surface area contributed by atoms with Gasteiger partial charge in [-0.2, -0.15) is 0 Å². The number of aliphatic hydroxyl groups is 1. The van der Waals surface area contributed by atoms with Crippen molar-refractivity contribution in [2.45, 2.75) is 13.0 Å². The summed E-state index contributed by atoms with van der Waals surface area (Å²) in [4.78, 5) is 7.87. The van der Waals surface area contributed by atoms with E-state index in [0.29, 0.717) is 5.95 Å². The molecule has 0 amide bonds. The van der Waals surface area contributed by atoms with Crippen LogP contribution in [0.25, 0.3) is 0 Å². The summed E-state index contributed by atoms with van der Waals surface area (Å²) in [7, 11) is 1.75. The third-order valence-corrected chi connectivity index (χ3v) is 1.38. The highest BCUT2D eigenvalue weighted by atomic mass is 16.3. The second-order valence-electron chi connectivity index (χ2n) is 2.27. The molecule has 0 aliphatic carbocycles. The van der Waals surface area contributed by atoms with E-state index in [4.69, 9.17) is 5.11 Å². The molecule has 4 nitrogen and oxygen atoms in total. The number of nitrogens with one attached hydrogen (secondary N) is 1. The fraction of sp³-hybridized carbons (Fsp3) is 0.429. The van der Waals surface area contributed by atoms with Crippen LogP contribution in [-0.2, 0) is 0 Å². The van der Waals surface area contributed by atoms with E-state index in [1.807, 2.05) is 0 Å². The highest BCUT2D eigenvalue weighted by Crippen LogP contribution is 2.08. The van der Waals surface area contributed by atoms with Crippen LogP contribution >= 0.6 is 0 Å². The van der Waals surface area contributed by atoms with E-state index < -0.39 is 6.10 Å². The summed E-state index contributed by atoms with van der Waals surface area (Å²) in [5, 5.41) is 11.9. The van der Waals surface area contributed by atoms with Crippen LogP contribution in [0.1, 0.15) is 18.6 Å². The quantitative estimate of drug-likeness (QED) is 0.652. The molecule has 0 saturated carbocycles. The number of hydrogen-bond acceptors (Lipinski definition) is 4. The molecule has 1 aromatic rings. The maximum atomic E-state index is 9.09. The Morgan fingerprint density at radius 2 is 2.00 bits per heavy atom. The summed E-state index contributed by atoms with van der Waals surface area (Å²) in [6, 6.07) is 0. The Labute approximate surface area is 65.3 Å². The molecule has 0 saturated heterocycles. The van der Waals surface area contributed by atoms with Gasteiger partial charge in [-0.05, 0) is 6.92 Å². The number of anilines is 1. The van der Waals surface area contributed by atoms with Gasteiger partial charge in [0.2, 0.25) is 5.95 Å². The summed E-state index contributed by atoms with van der Waals surface area (Å²) in [5.74, 6) is 0.564.